The van der Waals surface area contributed by atoms with Crippen LogP contribution < -0.4 is 25.3 Å². The monoisotopic (exact) mass is 268 g/mol. The second-order valence-corrected chi connectivity index (χ2v) is 3.93. The minimum atomic E-state index is -0.396. The molecule has 0 spiro atoms. The van der Waals surface area contributed by atoms with Gasteiger partial charge in [-0.3, -0.25) is 4.79 Å². The first-order valence-electron chi connectivity index (χ1n) is 5.93. The number of rotatable bonds is 8. The number of carbonyl (C=O) groups is 1. The van der Waals surface area contributed by atoms with Crippen molar-refractivity contribution < 1.29 is 19.0 Å². The number of methoxy groups -OCH3 is 2. The molecule has 106 valence electrons. The molecular weight excluding hydrogens is 248 g/mol. The standard InChI is InChI=1S/C13H20N2O4/c1-15-12(13(14)16)4-5-19-11-7-9(17-2)6-10(8-11)18-3/h6-8,12,15H,4-5H2,1-3H3,(H2,14,16). The van der Waals surface area contributed by atoms with E-state index in [-0.39, 0.29) is 0 Å². The average molecular weight is 268 g/mol. The van der Waals surface area contributed by atoms with Gasteiger partial charge in [-0.05, 0) is 7.05 Å². The summed E-state index contributed by atoms with van der Waals surface area (Å²) >= 11 is 0. The fourth-order valence-corrected chi connectivity index (χ4v) is 1.59. The van der Waals surface area contributed by atoms with E-state index in [1.807, 2.05) is 0 Å². The highest BCUT2D eigenvalue weighted by molar-refractivity contribution is 5.79. The van der Waals surface area contributed by atoms with Crippen molar-refractivity contribution in [1.82, 2.24) is 5.32 Å². The molecule has 1 amide bonds. The van der Waals surface area contributed by atoms with Crippen LogP contribution in [0.3, 0.4) is 0 Å². The first-order chi connectivity index (χ1) is 9.10. The molecule has 0 saturated heterocycles. The summed E-state index contributed by atoms with van der Waals surface area (Å²) in [5.74, 6) is 1.52. The van der Waals surface area contributed by atoms with Gasteiger partial charge in [-0.15, -0.1) is 0 Å². The van der Waals surface area contributed by atoms with Crippen molar-refractivity contribution in [2.75, 3.05) is 27.9 Å². The normalized spacial score (nSPS) is 11.7. The Bertz CT molecular complexity index is 401. The van der Waals surface area contributed by atoms with Gasteiger partial charge in [0, 0.05) is 24.6 Å². The number of benzene rings is 1. The van der Waals surface area contributed by atoms with E-state index in [2.05, 4.69) is 5.32 Å². The van der Waals surface area contributed by atoms with Crippen molar-refractivity contribution in [1.29, 1.82) is 0 Å². The maximum Gasteiger partial charge on any atom is 0.234 e. The fraction of sp³-hybridized carbons (Fsp3) is 0.462. The van der Waals surface area contributed by atoms with Crippen molar-refractivity contribution in [3.05, 3.63) is 18.2 Å². The minimum absolute atomic E-state index is 0.366. The van der Waals surface area contributed by atoms with Crippen LogP contribution >= 0.6 is 0 Å². The SMILES string of the molecule is CNC(CCOc1cc(OC)cc(OC)c1)C(N)=O. The first kappa shape index (κ1) is 15.1. The molecule has 0 radical (unpaired) electrons. The largest absolute Gasteiger partial charge is 0.496 e. The Kier molecular flexibility index (Phi) is 5.95. The lowest BCUT2D eigenvalue weighted by atomic mass is 10.2. The Morgan fingerprint density at radius 2 is 1.74 bits per heavy atom. The molecular formula is C13H20N2O4. The zero-order valence-electron chi connectivity index (χ0n) is 11.4. The highest BCUT2D eigenvalue weighted by atomic mass is 16.5. The minimum Gasteiger partial charge on any atom is -0.496 e. The number of hydrogen-bond acceptors (Lipinski definition) is 5. The third-order valence-corrected chi connectivity index (χ3v) is 2.69. The molecule has 1 aromatic rings. The second-order valence-electron chi connectivity index (χ2n) is 3.93. The number of hydrogen-bond donors (Lipinski definition) is 2. The van der Waals surface area contributed by atoms with Gasteiger partial charge in [-0.1, -0.05) is 0 Å². The summed E-state index contributed by atoms with van der Waals surface area (Å²) in [5.41, 5.74) is 5.22. The lowest BCUT2D eigenvalue weighted by Crippen LogP contribution is -2.40. The van der Waals surface area contributed by atoms with Crippen molar-refractivity contribution in [3.63, 3.8) is 0 Å². The van der Waals surface area contributed by atoms with Crippen LogP contribution in [0.15, 0.2) is 18.2 Å². The molecule has 6 nitrogen and oxygen atoms in total. The van der Waals surface area contributed by atoms with Crippen LogP contribution in [0.5, 0.6) is 17.2 Å². The quantitative estimate of drug-likeness (QED) is 0.719. The van der Waals surface area contributed by atoms with E-state index in [9.17, 15) is 4.79 Å². The number of ether oxygens (including phenoxy) is 3. The zero-order chi connectivity index (χ0) is 14.3. The van der Waals surface area contributed by atoms with Gasteiger partial charge in [-0.25, -0.2) is 0 Å². The molecule has 1 aromatic carbocycles. The molecule has 0 aliphatic carbocycles. The third-order valence-electron chi connectivity index (χ3n) is 2.69. The Hall–Kier alpha value is -1.95. The van der Waals surface area contributed by atoms with Crippen molar-refractivity contribution in [2.24, 2.45) is 5.73 Å². The van der Waals surface area contributed by atoms with E-state index in [4.69, 9.17) is 19.9 Å². The number of nitrogens with two attached hydrogens (primary N) is 1. The highest BCUT2D eigenvalue weighted by Crippen LogP contribution is 2.27. The molecule has 0 aliphatic rings. The van der Waals surface area contributed by atoms with Crippen LogP contribution in [-0.4, -0.2) is 39.8 Å². The summed E-state index contributed by atoms with van der Waals surface area (Å²) in [5, 5.41) is 2.83. The Labute approximate surface area is 112 Å². The number of likely N-dealkylation sites (N-methyl/N-ethyl adjacent to an activating group) is 1. The van der Waals surface area contributed by atoms with Gasteiger partial charge in [0.2, 0.25) is 5.91 Å². The summed E-state index contributed by atoms with van der Waals surface area (Å²) in [7, 11) is 4.83. The summed E-state index contributed by atoms with van der Waals surface area (Å²) in [6.07, 6.45) is 0.491. The maximum absolute atomic E-state index is 11.0. The summed E-state index contributed by atoms with van der Waals surface area (Å²) < 4.78 is 15.8. The van der Waals surface area contributed by atoms with Crippen LogP contribution in [0.1, 0.15) is 6.42 Å². The van der Waals surface area contributed by atoms with Crippen molar-refractivity contribution in [2.45, 2.75) is 12.5 Å². The van der Waals surface area contributed by atoms with E-state index in [0.717, 1.165) is 0 Å². The molecule has 0 aromatic heterocycles. The molecule has 0 bridgehead atoms. The molecule has 6 heteroatoms. The molecule has 19 heavy (non-hydrogen) atoms. The third kappa shape index (κ3) is 4.67. The number of amides is 1. The van der Waals surface area contributed by atoms with Gasteiger partial charge in [0.1, 0.15) is 17.2 Å². The average Bonchev–Trinajstić information content (AvgIpc) is 2.42. The van der Waals surface area contributed by atoms with E-state index >= 15 is 0 Å². The summed E-state index contributed by atoms with van der Waals surface area (Å²) in [6.45, 7) is 0.366. The molecule has 1 unspecified atom stereocenters. The fourth-order valence-electron chi connectivity index (χ4n) is 1.59. The van der Waals surface area contributed by atoms with Gasteiger partial charge in [0.15, 0.2) is 0 Å². The number of carbonyl (C=O) groups excluding carboxylic acids is 1. The Balaban J connectivity index is 2.59. The van der Waals surface area contributed by atoms with Gasteiger partial charge in [0.05, 0.1) is 26.9 Å². The predicted molar refractivity (Wildman–Crippen MR) is 71.7 cm³/mol. The first-order valence-corrected chi connectivity index (χ1v) is 5.93. The molecule has 3 N–H and O–H groups in total. The van der Waals surface area contributed by atoms with Crippen LogP contribution in [0.4, 0.5) is 0 Å². The molecule has 0 saturated carbocycles. The number of nitrogens with one attached hydrogen (secondary N) is 1. The van der Waals surface area contributed by atoms with Crippen molar-refractivity contribution in [3.8, 4) is 17.2 Å². The lowest BCUT2D eigenvalue weighted by Gasteiger charge is -2.14. The van der Waals surface area contributed by atoms with Crippen LogP contribution in [0.25, 0.3) is 0 Å². The Morgan fingerprint density at radius 1 is 1.21 bits per heavy atom. The Morgan fingerprint density at radius 3 is 2.16 bits per heavy atom. The van der Waals surface area contributed by atoms with Gasteiger partial charge in [-0.2, -0.15) is 0 Å². The molecule has 0 fully saturated rings. The lowest BCUT2D eigenvalue weighted by molar-refractivity contribution is -0.120. The van der Waals surface area contributed by atoms with Gasteiger partial charge in [0.25, 0.3) is 0 Å². The predicted octanol–water partition coefficient (Wildman–Crippen LogP) is 0.546. The topological polar surface area (TPSA) is 82.8 Å². The van der Waals surface area contributed by atoms with Crippen LogP contribution in [-0.2, 0) is 4.79 Å². The second kappa shape index (κ2) is 7.48. The van der Waals surface area contributed by atoms with Crippen molar-refractivity contribution >= 4 is 5.91 Å². The molecule has 0 heterocycles. The molecule has 1 atom stereocenters. The van der Waals surface area contributed by atoms with Crippen LogP contribution in [0.2, 0.25) is 0 Å². The number of primary amides is 1. The van der Waals surface area contributed by atoms with Gasteiger partial charge >= 0.3 is 0 Å². The maximum atomic E-state index is 11.0. The van der Waals surface area contributed by atoms with Crippen LogP contribution in [0, 0.1) is 0 Å². The summed E-state index contributed by atoms with van der Waals surface area (Å²) in [4.78, 5) is 11.0. The van der Waals surface area contributed by atoms with E-state index in [1.165, 1.54) is 0 Å². The smallest absolute Gasteiger partial charge is 0.234 e. The highest BCUT2D eigenvalue weighted by Gasteiger charge is 2.12. The molecule has 0 aliphatic heterocycles. The van der Waals surface area contributed by atoms with E-state index < -0.39 is 11.9 Å². The van der Waals surface area contributed by atoms with Gasteiger partial charge < -0.3 is 25.3 Å². The zero-order valence-corrected chi connectivity index (χ0v) is 11.4. The van der Waals surface area contributed by atoms with E-state index in [1.54, 1.807) is 39.5 Å². The van der Waals surface area contributed by atoms with E-state index in [0.29, 0.717) is 30.3 Å². The molecule has 1 rings (SSSR count). The summed E-state index contributed by atoms with van der Waals surface area (Å²) in [6, 6.07) is 4.86.